The highest BCUT2D eigenvalue weighted by molar-refractivity contribution is 7.26. The van der Waals surface area contributed by atoms with E-state index in [2.05, 4.69) is 72.6 Å². The Morgan fingerprint density at radius 2 is 1.72 bits per heavy atom. The number of hydrogen-bond acceptors (Lipinski definition) is 1. The molecule has 1 unspecified atom stereocenters. The number of thiophene rings is 1. The first-order valence-corrected chi connectivity index (χ1v) is 9.67. The van der Waals surface area contributed by atoms with Gasteiger partial charge in [0.05, 0.1) is 0 Å². The fourth-order valence-electron chi connectivity index (χ4n) is 4.42. The molecule has 2 heteroatoms. The van der Waals surface area contributed by atoms with Crippen LogP contribution >= 0.6 is 11.3 Å². The third-order valence-corrected chi connectivity index (χ3v) is 6.69. The Bertz CT molecular complexity index is 1330. The Morgan fingerprint density at radius 3 is 2.68 bits per heavy atom. The molecule has 0 aliphatic heterocycles. The average molecular weight is 339 g/mol. The molecule has 1 aliphatic carbocycles. The summed E-state index contributed by atoms with van der Waals surface area (Å²) in [6.45, 7) is 2.30. The van der Waals surface area contributed by atoms with Crippen LogP contribution < -0.4 is 0 Å². The van der Waals surface area contributed by atoms with Crippen LogP contribution in [0.5, 0.6) is 0 Å². The number of aromatic nitrogens is 1. The molecule has 5 aromatic rings. The summed E-state index contributed by atoms with van der Waals surface area (Å²) >= 11 is 1.89. The van der Waals surface area contributed by atoms with Crippen molar-refractivity contribution in [3.63, 3.8) is 0 Å². The highest BCUT2D eigenvalue weighted by atomic mass is 32.1. The molecule has 0 amide bonds. The molecule has 1 atom stereocenters. The van der Waals surface area contributed by atoms with Gasteiger partial charge in [0, 0.05) is 36.8 Å². The number of hydrogen-bond donors (Lipinski definition) is 1. The summed E-state index contributed by atoms with van der Waals surface area (Å²) in [7, 11) is 0. The fraction of sp³-hybridized carbons (Fsp3) is 0.130. The van der Waals surface area contributed by atoms with E-state index in [-0.39, 0.29) is 0 Å². The summed E-state index contributed by atoms with van der Waals surface area (Å²) in [5.41, 5.74) is 4.03. The van der Waals surface area contributed by atoms with Crippen molar-refractivity contribution in [2.75, 3.05) is 0 Å². The van der Waals surface area contributed by atoms with Gasteiger partial charge < -0.3 is 4.98 Å². The summed E-state index contributed by atoms with van der Waals surface area (Å²) in [4.78, 5) is 3.62. The van der Waals surface area contributed by atoms with E-state index in [1.807, 2.05) is 11.3 Å². The Balaban J connectivity index is 1.83. The molecule has 2 aromatic heterocycles. The molecular weight excluding hydrogens is 322 g/mol. The molecule has 0 saturated heterocycles. The number of rotatable bonds is 0. The lowest BCUT2D eigenvalue weighted by Crippen LogP contribution is -2.01. The van der Waals surface area contributed by atoms with Crippen LogP contribution in [0.1, 0.15) is 18.2 Å². The molecule has 0 radical (unpaired) electrons. The zero-order valence-electron chi connectivity index (χ0n) is 14.0. The van der Waals surface area contributed by atoms with E-state index in [0.29, 0.717) is 5.92 Å². The molecule has 25 heavy (non-hydrogen) atoms. The molecular formula is C23H17NS. The molecule has 6 rings (SSSR count). The first kappa shape index (κ1) is 13.7. The molecule has 1 nitrogen and oxygen atoms in total. The minimum Gasteiger partial charge on any atom is -0.355 e. The standard InChI is InChI=1S/C23H17NS/c1-13-6-9-18-17(12-13)22-14-8-11-21-23(15(14)7-10-19(22)24-18)16-4-2-3-5-20(16)25-21/h2-11,13,24H,12H2,1H3. The molecule has 120 valence electrons. The zero-order chi connectivity index (χ0) is 16.5. The molecule has 2 heterocycles. The van der Waals surface area contributed by atoms with Crippen molar-refractivity contribution >= 4 is 59.3 Å². The van der Waals surface area contributed by atoms with E-state index in [0.717, 1.165) is 6.42 Å². The maximum absolute atomic E-state index is 3.62. The van der Waals surface area contributed by atoms with Crippen molar-refractivity contribution in [2.45, 2.75) is 13.3 Å². The summed E-state index contributed by atoms with van der Waals surface area (Å²) in [6.07, 6.45) is 5.69. The molecule has 0 spiro atoms. The second-order valence-electron chi connectivity index (χ2n) is 7.18. The minimum atomic E-state index is 0.604. The monoisotopic (exact) mass is 339 g/mol. The summed E-state index contributed by atoms with van der Waals surface area (Å²) in [6, 6.07) is 18.0. The van der Waals surface area contributed by atoms with Gasteiger partial charge in [-0.2, -0.15) is 0 Å². The molecule has 1 aliphatic rings. The smallest absolute Gasteiger partial charge is 0.0468 e. The maximum atomic E-state index is 3.62. The number of benzene rings is 3. The van der Waals surface area contributed by atoms with E-state index in [9.17, 15) is 0 Å². The van der Waals surface area contributed by atoms with Gasteiger partial charge in [-0.1, -0.05) is 43.3 Å². The summed E-state index contributed by atoms with van der Waals surface area (Å²) < 4.78 is 2.75. The fourth-order valence-corrected chi connectivity index (χ4v) is 5.54. The van der Waals surface area contributed by atoms with E-state index >= 15 is 0 Å². The Morgan fingerprint density at radius 1 is 0.880 bits per heavy atom. The molecule has 3 aromatic carbocycles. The normalized spacial score (nSPS) is 17.1. The van der Waals surface area contributed by atoms with Crippen LogP contribution in [0.25, 0.3) is 47.9 Å². The third kappa shape index (κ3) is 1.78. The van der Waals surface area contributed by atoms with Gasteiger partial charge in [-0.25, -0.2) is 0 Å². The summed E-state index contributed by atoms with van der Waals surface area (Å²) in [5, 5.41) is 6.97. The highest BCUT2D eigenvalue weighted by Gasteiger charge is 2.19. The van der Waals surface area contributed by atoms with Crippen molar-refractivity contribution in [1.82, 2.24) is 4.98 Å². The lowest BCUT2D eigenvalue weighted by Gasteiger charge is -2.13. The van der Waals surface area contributed by atoms with Crippen molar-refractivity contribution in [3.8, 4) is 0 Å². The van der Waals surface area contributed by atoms with Crippen molar-refractivity contribution in [1.29, 1.82) is 0 Å². The number of fused-ring (bicyclic) bond motifs is 9. The predicted molar refractivity (Wildman–Crippen MR) is 111 cm³/mol. The maximum Gasteiger partial charge on any atom is 0.0468 e. The highest BCUT2D eigenvalue weighted by Crippen LogP contribution is 2.42. The molecule has 0 fully saturated rings. The predicted octanol–water partition coefficient (Wildman–Crippen LogP) is 6.89. The van der Waals surface area contributed by atoms with Gasteiger partial charge in [-0.15, -0.1) is 11.3 Å². The largest absolute Gasteiger partial charge is 0.355 e. The number of allylic oxidation sites excluding steroid dienone is 1. The van der Waals surface area contributed by atoms with E-state index < -0.39 is 0 Å². The average Bonchev–Trinajstić information content (AvgIpc) is 3.19. The first-order chi connectivity index (χ1) is 12.3. The molecule has 0 bridgehead atoms. The van der Waals surface area contributed by atoms with Gasteiger partial charge in [-0.3, -0.25) is 0 Å². The topological polar surface area (TPSA) is 15.8 Å². The minimum absolute atomic E-state index is 0.604. The second kappa shape index (κ2) is 4.74. The van der Waals surface area contributed by atoms with Gasteiger partial charge in [0.15, 0.2) is 0 Å². The molecule has 0 saturated carbocycles. The van der Waals surface area contributed by atoms with Gasteiger partial charge in [0.2, 0.25) is 0 Å². The van der Waals surface area contributed by atoms with Crippen LogP contribution in [-0.4, -0.2) is 4.98 Å². The van der Waals surface area contributed by atoms with Gasteiger partial charge in [0.1, 0.15) is 0 Å². The van der Waals surface area contributed by atoms with E-state index in [1.165, 1.54) is 53.1 Å². The third-order valence-electron chi connectivity index (χ3n) is 5.55. The summed E-state index contributed by atoms with van der Waals surface area (Å²) in [5.74, 6) is 0.604. The van der Waals surface area contributed by atoms with Crippen LogP contribution in [0.2, 0.25) is 0 Å². The van der Waals surface area contributed by atoms with E-state index in [1.54, 1.807) is 0 Å². The molecule has 1 N–H and O–H groups in total. The van der Waals surface area contributed by atoms with Crippen molar-refractivity contribution in [2.24, 2.45) is 5.92 Å². The second-order valence-corrected chi connectivity index (χ2v) is 8.26. The Labute approximate surface area is 149 Å². The van der Waals surface area contributed by atoms with Crippen LogP contribution in [0.4, 0.5) is 0 Å². The number of nitrogens with one attached hydrogen (secondary N) is 1. The zero-order valence-corrected chi connectivity index (χ0v) is 14.8. The van der Waals surface area contributed by atoms with Gasteiger partial charge in [0.25, 0.3) is 0 Å². The van der Waals surface area contributed by atoms with Gasteiger partial charge in [-0.05, 0) is 52.9 Å². The first-order valence-electron chi connectivity index (χ1n) is 8.85. The van der Waals surface area contributed by atoms with Gasteiger partial charge >= 0.3 is 0 Å². The lowest BCUT2D eigenvalue weighted by atomic mass is 9.91. The SMILES string of the molecule is CC1C=Cc2[nH]c3ccc4c(ccc5sc6ccccc6c54)c3c2C1. The van der Waals surface area contributed by atoms with Crippen molar-refractivity contribution < 1.29 is 0 Å². The lowest BCUT2D eigenvalue weighted by molar-refractivity contribution is 0.720. The Kier molecular flexibility index (Phi) is 2.59. The quantitative estimate of drug-likeness (QED) is 0.316. The van der Waals surface area contributed by atoms with Crippen LogP contribution in [-0.2, 0) is 6.42 Å². The van der Waals surface area contributed by atoms with E-state index in [4.69, 9.17) is 0 Å². The van der Waals surface area contributed by atoms with Crippen LogP contribution in [0.3, 0.4) is 0 Å². The van der Waals surface area contributed by atoms with Crippen LogP contribution in [0.15, 0.2) is 54.6 Å². The van der Waals surface area contributed by atoms with Crippen LogP contribution in [0, 0.1) is 5.92 Å². The Hall–Kier alpha value is -2.58. The van der Waals surface area contributed by atoms with Crippen molar-refractivity contribution in [3.05, 3.63) is 65.9 Å². The number of H-pyrrole nitrogens is 1. The number of aromatic amines is 1.